The highest BCUT2D eigenvalue weighted by atomic mass is 127. The number of rotatable bonds is 11. The van der Waals surface area contributed by atoms with E-state index >= 15 is 0 Å². The number of aliphatic imine (C=N–C) groups is 1. The topological polar surface area (TPSA) is 64.1 Å². The molecular formula is C21H28F2IN3O3. The van der Waals surface area contributed by atoms with Crippen LogP contribution in [-0.4, -0.2) is 39.9 Å². The van der Waals surface area contributed by atoms with Crippen LogP contribution >= 0.6 is 24.0 Å². The standard InChI is InChI=1S/C21H27F2N3O3.HI/c1-24-21(26-14-17-6-3-4-7-19(17)29-20(22)23)25-12-5-13-28-15-16-8-10-18(27-2)11-9-16;/h3-4,6-11,20H,5,12-15H2,1-2H3,(H2,24,25,26);1H. The molecule has 30 heavy (non-hydrogen) atoms. The zero-order valence-corrected chi connectivity index (χ0v) is 19.4. The summed E-state index contributed by atoms with van der Waals surface area (Å²) < 4.78 is 40.3. The van der Waals surface area contributed by atoms with E-state index in [1.807, 2.05) is 24.3 Å². The Kier molecular flexibility index (Phi) is 12.8. The Morgan fingerprint density at radius 1 is 1.07 bits per heavy atom. The van der Waals surface area contributed by atoms with Gasteiger partial charge in [-0.05, 0) is 30.2 Å². The quantitative estimate of drug-likeness (QED) is 0.196. The second kappa shape index (κ2) is 14.8. The van der Waals surface area contributed by atoms with Crippen LogP contribution in [0.2, 0.25) is 0 Å². The first kappa shape index (κ1) is 25.9. The Hall–Kier alpha value is -2.14. The zero-order chi connectivity index (χ0) is 20.9. The fraction of sp³-hybridized carbons (Fsp3) is 0.381. The summed E-state index contributed by atoms with van der Waals surface area (Å²) in [4.78, 5) is 4.13. The molecule has 0 fully saturated rings. The Bertz CT molecular complexity index is 761. The summed E-state index contributed by atoms with van der Waals surface area (Å²) in [5, 5.41) is 6.26. The maximum Gasteiger partial charge on any atom is 0.387 e. The molecule has 0 aromatic heterocycles. The van der Waals surface area contributed by atoms with E-state index in [1.165, 1.54) is 6.07 Å². The molecule has 0 aliphatic carbocycles. The largest absolute Gasteiger partial charge is 0.497 e. The first-order valence-electron chi connectivity index (χ1n) is 9.30. The van der Waals surface area contributed by atoms with Gasteiger partial charge in [0.1, 0.15) is 11.5 Å². The third-order valence-corrected chi connectivity index (χ3v) is 4.04. The predicted molar refractivity (Wildman–Crippen MR) is 124 cm³/mol. The number of methoxy groups -OCH3 is 1. The van der Waals surface area contributed by atoms with Gasteiger partial charge in [-0.1, -0.05) is 30.3 Å². The van der Waals surface area contributed by atoms with Gasteiger partial charge in [-0.15, -0.1) is 24.0 Å². The minimum atomic E-state index is -2.86. The Balaban J connectivity index is 0.00000450. The van der Waals surface area contributed by atoms with E-state index in [0.717, 1.165) is 17.7 Å². The number of hydrogen-bond donors (Lipinski definition) is 2. The van der Waals surface area contributed by atoms with Gasteiger partial charge in [-0.3, -0.25) is 4.99 Å². The second-order valence-corrected chi connectivity index (χ2v) is 6.09. The average molecular weight is 535 g/mol. The van der Waals surface area contributed by atoms with Crippen molar-refractivity contribution in [2.45, 2.75) is 26.2 Å². The zero-order valence-electron chi connectivity index (χ0n) is 17.1. The van der Waals surface area contributed by atoms with Gasteiger partial charge in [-0.2, -0.15) is 8.78 Å². The number of halogens is 3. The molecule has 0 heterocycles. The van der Waals surface area contributed by atoms with Gasteiger partial charge in [0.2, 0.25) is 0 Å². The molecule has 0 amide bonds. The highest BCUT2D eigenvalue weighted by Crippen LogP contribution is 2.19. The maximum atomic E-state index is 12.5. The number of ether oxygens (including phenoxy) is 3. The van der Waals surface area contributed by atoms with E-state index < -0.39 is 6.61 Å². The lowest BCUT2D eigenvalue weighted by molar-refractivity contribution is -0.0504. The Morgan fingerprint density at radius 3 is 2.47 bits per heavy atom. The summed E-state index contributed by atoms with van der Waals surface area (Å²) in [7, 11) is 3.29. The molecule has 0 bridgehead atoms. The lowest BCUT2D eigenvalue weighted by Crippen LogP contribution is -2.37. The average Bonchev–Trinajstić information content (AvgIpc) is 2.73. The van der Waals surface area contributed by atoms with Crippen molar-refractivity contribution in [1.82, 2.24) is 10.6 Å². The van der Waals surface area contributed by atoms with Gasteiger partial charge < -0.3 is 24.8 Å². The van der Waals surface area contributed by atoms with Crippen molar-refractivity contribution in [2.75, 3.05) is 27.3 Å². The van der Waals surface area contributed by atoms with Crippen molar-refractivity contribution in [2.24, 2.45) is 4.99 Å². The Morgan fingerprint density at radius 2 is 1.80 bits per heavy atom. The van der Waals surface area contributed by atoms with E-state index in [9.17, 15) is 8.78 Å². The van der Waals surface area contributed by atoms with E-state index in [2.05, 4.69) is 20.4 Å². The molecule has 2 aromatic carbocycles. The Labute approximate surface area is 193 Å². The fourth-order valence-electron chi connectivity index (χ4n) is 2.55. The number of benzene rings is 2. The number of nitrogens with one attached hydrogen (secondary N) is 2. The second-order valence-electron chi connectivity index (χ2n) is 6.09. The monoisotopic (exact) mass is 535 g/mol. The lowest BCUT2D eigenvalue weighted by atomic mass is 10.2. The van der Waals surface area contributed by atoms with E-state index in [-0.39, 0.29) is 29.7 Å². The molecular weight excluding hydrogens is 507 g/mol. The molecule has 2 rings (SSSR count). The number of nitrogens with zero attached hydrogens (tertiary/aromatic N) is 1. The number of hydrogen-bond acceptors (Lipinski definition) is 4. The molecule has 0 unspecified atom stereocenters. The molecule has 0 aliphatic heterocycles. The molecule has 2 N–H and O–H groups in total. The molecule has 0 radical (unpaired) electrons. The van der Waals surface area contributed by atoms with Crippen molar-refractivity contribution in [3.63, 3.8) is 0 Å². The molecule has 166 valence electrons. The smallest absolute Gasteiger partial charge is 0.387 e. The van der Waals surface area contributed by atoms with Gasteiger partial charge in [0, 0.05) is 32.3 Å². The number of guanidine groups is 1. The molecule has 6 nitrogen and oxygen atoms in total. The SMILES string of the molecule is CN=C(NCCCOCc1ccc(OC)cc1)NCc1ccccc1OC(F)F.I. The summed E-state index contributed by atoms with van der Waals surface area (Å²) in [5.41, 5.74) is 1.71. The molecule has 0 aliphatic rings. The lowest BCUT2D eigenvalue weighted by Gasteiger charge is -2.14. The van der Waals surface area contributed by atoms with E-state index in [0.29, 0.717) is 37.8 Å². The first-order valence-corrected chi connectivity index (χ1v) is 9.30. The van der Waals surface area contributed by atoms with E-state index in [4.69, 9.17) is 9.47 Å². The molecule has 0 atom stereocenters. The van der Waals surface area contributed by atoms with Crippen LogP contribution in [0.15, 0.2) is 53.5 Å². The van der Waals surface area contributed by atoms with Gasteiger partial charge in [0.15, 0.2) is 5.96 Å². The van der Waals surface area contributed by atoms with Gasteiger partial charge in [0.05, 0.1) is 13.7 Å². The van der Waals surface area contributed by atoms with Crippen LogP contribution in [0.1, 0.15) is 17.5 Å². The number of alkyl halides is 2. The summed E-state index contributed by atoms with van der Waals surface area (Å²) >= 11 is 0. The van der Waals surface area contributed by atoms with Crippen LogP contribution in [0, 0.1) is 0 Å². The van der Waals surface area contributed by atoms with Gasteiger partial charge in [-0.25, -0.2) is 0 Å². The molecule has 0 spiro atoms. The van der Waals surface area contributed by atoms with Crippen molar-refractivity contribution in [3.8, 4) is 11.5 Å². The minimum Gasteiger partial charge on any atom is -0.497 e. The summed E-state index contributed by atoms with van der Waals surface area (Å²) in [6, 6.07) is 14.4. The van der Waals surface area contributed by atoms with Crippen LogP contribution < -0.4 is 20.1 Å². The minimum absolute atomic E-state index is 0. The van der Waals surface area contributed by atoms with Gasteiger partial charge >= 0.3 is 6.61 Å². The van der Waals surface area contributed by atoms with Crippen molar-refractivity contribution in [3.05, 3.63) is 59.7 Å². The summed E-state index contributed by atoms with van der Waals surface area (Å²) in [6.45, 7) is -0.737. The third-order valence-electron chi connectivity index (χ3n) is 4.04. The van der Waals surface area contributed by atoms with Crippen molar-refractivity contribution < 1.29 is 23.0 Å². The van der Waals surface area contributed by atoms with E-state index in [1.54, 1.807) is 32.4 Å². The van der Waals surface area contributed by atoms with Crippen LogP contribution in [0.5, 0.6) is 11.5 Å². The van der Waals surface area contributed by atoms with Gasteiger partial charge in [0.25, 0.3) is 0 Å². The highest BCUT2D eigenvalue weighted by molar-refractivity contribution is 14.0. The van der Waals surface area contributed by atoms with Crippen molar-refractivity contribution >= 4 is 29.9 Å². The van der Waals surface area contributed by atoms with Crippen LogP contribution in [-0.2, 0) is 17.9 Å². The molecule has 2 aromatic rings. The maximum absolute atomic E-state index is 12.5. The summed E-state index contributed by atoms with van der Waals surface area (Å²) in [5.74, 6) is 1.55. The predicted octanol–water partition coefficient (Wildman–Crippen LogP) is 4.19. The van der Waals surface area contributed by atoms with Crippen LogP contribution in [0.4, 0.5) is 8.78 Å². The number of para-hydroxylation sites is 1. The third kappa shape index (κ3) is 9.57. The normalized spacial score (nSPS) is 11.0. The summed E-state index contributed by atoms with van der Waals surface area (Å²) in [6.07, 6.45) is 0.794. The molecule has 0 saturated carbocycles. The highest BCUT2D eigenvalue weighted by Gasteiger charge is 2.09. The van der Waals surface area contributed by atoms with Crippen LogP contribution in [0.3, 0.4) is 0 Å². The fourth-order valence-corrected chi connectivity index (χ4v) is 2.55. The van der Waals surface area contributed by atoms with Crippen LogP contribution in [0.25, 0.3) is 0 Å². The molecule has 0 saturated heterocycles. The van der Waals surface area contributed by atoms with Crippen molar-refractivity contribution in [1.29, 1.82) is 0 Å². The first-order chi connectivity index (χ1) is 14.1. The molecule has 9 heteroatoms.